The molecular formula is C3H4Cl2N3NaO5. The summed E-state index contributed by atoms with van der Waals surface area (Å²) in [6.45, 7) is 0. The zero-order valence-corrected chi connectivity index (χ0v) is 10.3. The molecule has 11 heteroatoms. The van der Waals surface area contributed by atoms with E-state index in [0.29, 0.717) is 0 Å². The molecule has 0 unspecified atom stereocenters. The molecule has 0 aliphatic carbocycles. The van der Waals surface area contributed by atoms with Gasteiger partial charge in [-0.25, -0.2) is 8.17 Å². The molecule has 8 nitrogen and oxygen atoms in total. The molecule has 1 aromatic rings. The molecule has 1 aromatic heterocycles. The van der Waals surface area contributed by atoms with Gasteiger partial charge >= 0.3 is 29.6 Å². The molecular weight excluding hydrogens is 252 g/mol. The largest absolute Gasteiger partial charge is 1.00 e. The van der Waals surface area contributed by atoms with Gasteiger partial charge in [-0.15, -0.1) is 0 Å². The van der Waals surface area contributed by atoms with Crippen molar-refractivity contribution in [1.82, 2.24) is 13.2 Å². The van der Waals surface area contributed by atoms with Crippen molar-refractivity contribution in [3.63, 3.8) is 0 Å². The van der Waals surface area contributed by atoms with Crippen LogP contribution in [0.1, 0.15) is 0 Å². The Morgan fingerprint density at radius 1 is 0.929 bits per heavy atom. The second-order valence-electron chi connectivity index (χ2n) is 1.52. The molecule has 76 valence electrons. The van der Waals surface area contributed by atoms with Crippen molar-refractivity contribution in [2.24, 2.45) is 0 Å². The summed E-state index contributed by atoms with van der Waals surface area (Å²) in [7, 11) is 0. The number of rotatable bonds is 0. The van der Waals surface area contributed by atoms with Crippen LogP contribution in [0.4, 0.5) is 0 Å². The zero-order valence-electron chi connectivity index (χ0n) is 6.82. The summed E-state index contributed by atoms with van der Waals surface area (Å²) >= 11 is 10.1. The van der Waals surface area contributed by atoms with E-state index in [-0.39, 0.29) is 48.7 Å². The third-order valence-corrected chi connectivity index (χ3v) is 1.44. The first kappa shape index (κ1) is 19.5. The Morgan fingerprint density at radius 3 is 1.50 bits per heavy atom. The van der Waals surface area contributed by atoms with Crippen LogP contribution in [0.5, 0.6) is 0 Å². The van der Waals surface area contributed by atoms with Crippen LogP contribution in [0.2, 0.25) is 0 Å². The fraction of sp³-hybridized carbons (Fsp3) is 0. The van der Waals surface area contributed by atoms with Gasteiger partial charge in [0.15, 0.2) is 0 Å². The van der Waals surface area contributed by atoms with Crippen LogP contribution in [-0.4, -0.2) is 19.1 Å². The Bertz CT molecular complexity index is 412. The van der Waals surface area contributed by atoms with Crippen LogP contribution in [0.15, 0.2) is 14.4 Å². The van der Waals surface area contributed by atoms with E-state index in [1.807, 2.05) is 0 Å². The summed E-state index contributed by atoms with van der Waals surface area (Å²) in [5.41, 5.74) is -3.41. The van der Waals surface area contributed by atoms with E-state index < -0.39 is 17.1 Å². The molecule has 4 N–H and O–H groups in total. The van der Waals surface area contributed by atoms with Crippen LogP contribution >= 0.6 is 23.6 Å². The molecule has 0 amide bonds. The predicted octanol–water partition coefficient (Wildman–Crippen LogP) is -6.31. The summed E-state index contributed by atoms with van der Waals surface area (Å²) in [4.78, 5) is 34.3. The van der Waals surface area contributed by atoms with Crippen LogP contribution in [0.25, 0.3) is 0 Å². The maximum atomic E-state index is 10.6. The number of aromatic nitrogens is 3. The molecule has 14 heavy (non-hydrogen) atoms. The van der Waals surface area contributed by atoms with Crippen molar-refractivity contribution in [1.29, 1.82) is 0 Å². The Morgan fingerprint density at radius 2 is 1.21 bits per heavy atom. The van der Waals surface area contributed by atoms with Crippen LogP contribution in [-0.2, 0) is 0 Å². The molecule has 0 aromatic carbocycles. The summed E-state index contributed by atoms with van der Waals surface area (Å²) < 4.78 is 0.211. The van der Waals surface area contributed by atoms with Gasteiger partial charge in [-0.3, -0.25) is 19.4 Å². The Balaban J connectivity index is -0.000000403. The van der Waals surface area contributed by atoms with E-state index in [9.17, 15) is 14.4 Å². The van der Waals surface area contributed by atoms with Crippen LogP contribution in [0, 0.1) is 0 Å². The minimum Gasteiger partial charge on any atom is -0.412 e. The second-order valence-corrected chi connectivity index (χ2v) is 2.20. The van der Waals surface area contributed by atoms with Gasteiger partial charge in [0.2, 0.25) is 17.1 Å². The third-order valence-electron chi connectivity index (χ3n) is 0.863. The zero-order chi connectivity index (χ0) is 8.59. The first-order chi connectivity index (χ1) is 5.04. The number of nitrogens with zero attached hydrogens (tertiary/aromatic N) is 3. The van der Waals surface area contributed by atoms with Crippen molar-refractivity contribution in [3.05, 3.63) is 31.5 Å². The van der Waals surface area contributed by atoms with Crippen molar-refractivity contribution in [3.8, 4) is 0 Å². The maximum absolute atomic E-state index is 10.6. The third kappa shape index (κ3) is 3.58. The van der Waals surface area contributed by atoms with Crippen LogP contribution < -0.4 is 51.6 Å². The summed E-state index contributed by atoms with van der Waals surface area (Å²) in [6, 6.07) is 0. The number of hydrogen-bond acceptors (Lipinski definition) is 3. The van der Waals surface area contributed by atoms with E-state index in [2.05, 4.69) is 4.98 Å². The Kier molecular flexibility index (Phi) is 10.1. The quantitative estimate of drug-likeness (QED) is 0.426. The summed E-state index contributed by atoms with van der Waals surface area (Å²) in [5.74, 6) is 0. The van der Waals surface area contributed by atoms with Crippen molar-refractivity contribution in [2.45, 2.75) is 0 Å². The molecule has 0 aliphatic rings. The van der Waals surface area contributed by atoms with E-state index in [1.165, 1.54) is 0 Å². The van der Waals surface area contributed by atoms with Gasteiger partial charge in [0.05, 0.1) is 0 Å². The predicted molar refractivity (Wildman–Crippen MR) is 44.3 cm³/mol. The van der Waals surface area contributed by atoms with Crippen molar-refractivity contribution < 1.29 is 40.5 Å². The number of hydrogen-bond donors (Lipinski definition) is 0. The molecule has 0 saturated carbocycles. The number of halogens is 2. The normalized spacial score (nSPS) is 7.86. The van der Waals surface area contributed by atoms with Crippen molar-refractivity contribution >= 4 is 23.6 Å². The molecule has 1 rings (SSSR count). The van der Waals surface area contributed by atoms with E-state index in [4.69, 9.17) is 23.6 Å². The van der Waals surface area contributed by atoms with Gasteiger partial charge in [0, 0.05) is 0 Å². The SMILES string of the molecule is O.O.O=c1[n-]c(=O)n(Cl)c(=O)n1Cl.[Na+]. The molecule has 1 heterocycles. The smallest absolute Gasteiger partial charge is 0.412 e. The standard InChI is InChI=1S/C3HCl2N3O3.Na.2H2O/c4-7-1(9)6-2(10)8(5)3(7)11;;;/h(H,6,9,10);;2*1H2/q;+1;;/p-1. The van der Waals surface area contributed by atoms with Gasteiger partial charge in [-0.2, -0.15) is 0 Å². The first-order valence-corrected chi connectivity index (χ1v) is 2.97. The van der Waals surface area contributed by atoms with Gasteiger partial charge in [-0.05, 0) is 0 Å². The molecule has 0 atom stereocenters. The molecule has 0 saturated heterocycles. The average molecular weight is 256 g/mol. The fourth-order valence-electron chi connectivity index (χ4n) is 0.410. The second kappa shape index (κ2) is 7.23. The Hall–Kier alpha value is -0.0900. The Labute approximate surface area is 108 Å². The minimum absolute atomic E-state index is 0. The van der Waals surface area contributed by atoms with Gasteiger partial charge in [-0.1, -0.05) is 23.6 Å². The van der Waals surface area contributed by atoms with Gasteiger partial charge in [0.1, 0.15) is 0 Å². The van der Waals surface area contributed by atoms with E-state index >= 15 is 0 Å². The van der Waals surface area contributed by atoms with Crippen molar-refractivity contribution in [2.75, 3.05) is 0 Å². The minimum atomic E-state index is -1.14. The molecule has 0 radical (unpaired) electrons. The summed E-state index contributed by atoms with van der Waals surface area (Å²) in [6.07, 6.45) is 0. The van der Waals surface area contributed by atoms with Gasteiger partial charge < -0.3 is 11.0 Å². The summed E-state index contributed by atoms with van der Waals surface area (Å²) in [5, 5.41) is 0. The van der Waals surface area contributed by atoms with E-state index in [0.717, 1.165) is 0 Å². The fourth-order valence-corrected chi connectivity index (χ4v) is 0.676. The maximum Gasteiger partial charge on any atom is 1.00 e. The monoisotopic (exact) mass is 255 g/mol. The molecule has 0 fully saturated rings. The molecule has 0 spiro atoms. The van der Waals surface area contributed by atoms with Crippen LogP contribution in [0.3, 0.4) is 0 Å². The first-order valence-electron chi connectivity index (χ1n) is 2.29. The topological polar surface area (TPSA) is 138 Å². The van der Waals surface area contributed by atoms with E-state index in [1.54, 1.807) is 0 Å². The van der Waals surface area contributed by atoms with Gasteiger partial charge in [0.25, 0.3) is 0 Å². The molecule has 0 bridgehead atoms. The molecule has 0 aliphatic heterocycles. The average Bonchev–Trinajstić information content (AvgIpc) is 1.97.